The van der Waals surface area contributed by atoms with Gasteiger partial charge in [0.25, 0.3) is 0 Å². The van der Waals surface area contributed by atoms with E-state index in [1.165, 1.54) is 11.8 Å². The zero-order valence-corrected chi connectivity index (χ0v) is 11.9. The summed E-state index contributed by atoms with van der Waals surface area (Å²) in [5, 5.41) is 20.8. The summed E-state index contributed by atoms with van der Waals surface area (Å²) in [6.07, 6.45) is 3.93. The first-order valence-corrected chi connectivity index (χ1v) is 7.41. The molecule has 1 aliphatic rings. The molecule has 1 amide bonds. The second-order valence-corrected chi connectivity index (χ2v) is 5.74. The molecule has 108 valence electrons. The lowest BCUT2D eigenvalue weighted by atomic mass is 10.2. The van der Waals surface area contributed by atoms with Crippen LogP contribution in [0.5, 0.6) is 0 Å². The summed E-state index contributed by atoms with van der Waals surface area (Å²) < 4.78 is 0. The van der Waals surface area contributed by atoms with E-state index in [9.17, 15) is 4.79 Å². The molecule has 7 heteroatoms. The highest BCUT2D eigenvalue weighted by Gasteiger charge is 2.29. The highest BCUT2D eigenvalue weighted by Crippen LogP contribution is 2.22. The Morgan fingerprint density at radius 2 is 2.24 bits per heavy atom. The van der Waals surface area contributed by atoms with Gasteiger partial charge in [-0.05, 0) is 12.5 Å². The SMILES string of the molecule is O=C1N/C(=N\N=C\c2c[nH]c3ccccc23)SC1CCO. The van der Waals surface area contributed by atoms with E-state index in [1.807, 2.05) is 30.5 Å². The van der Waals surface area contributed by atoms with Crippen molar-refractivity contribution in [3.63, 3.8) is 0 Å². The molecule has 1 aromatic carbocycles. The zero-order valence-electron chi connectivity index (χ0n) is 11.1. The summed E-state index contributed by atoms with van der Waals surface area (Å²) in [4.78, 5) is 14.7. The third kappa shape index (κ3) is 2.98. The van der Waals surface area contributed by atoms with Gasteiger partial charge in [0, 0.05) is 29.3 Å². The molecule has 1 saturated heterocycles. The number of carbonyl (C=O) groups is 1. The number of aliphatic hydroxyl groups excluding tert-OH is 1. The van der Waals surface area contributed by atoms with E-state index < -0.39 is 0 Å². The number of nitrogens with zero attached hydrogens (tertiary/aromatic N) is 2. The predicted molar refractivity (Wildman–Crippen MR) is 84.6 cm³/mol. The molecule has 1 fully saturated rings. The van der Waals surface area contributed by atoms with Crippen molar-refractivity contribution in [3.8, 4) is 0 Å². The lowest BCUT2D eigenvalue weighted by molar-refractivity contribution is -0.119. The van der Waals surface area contributed by atoms with Gasteiger partial charge in [0.05, 0.1) is 11.5 Å². The summed E-state index contributed by atoms with van der Waals surface area (Å²) in [5.41, 5.74) is 1.98. The van der Waals surface area contributed by atoms with Crippen molar-refractivity contribution in [3.05, 3.63) is 36.0 Å². The van der Waals surface area contributed by atoms with Gasteiger partial charge in [-0.1, -0.05) is 30.0 Å². The first kappa shape index (κ1) is 13.8. The molecule has 1 aromatic heterocycles. The highest BCUT2D eigenvalue weighted by atomic mass is 32.2. The molecule has 3 N–H and O–H groups in total. The van der Waals surface area contributed by atoms with Crippen LogP contribution in [0.3, 0.4) is 0 Å². The number of aromatic amines is 1. The van der Waals surface area contributed by atoms with Crippen molar-refractivity contribution in [2.75, 3.05) is 6.61 Å². The van der Waals surface area contributed by atoms with Gasteiger partial charge >= 0.3 is 0 Å². The molecule has 0 radical (unpaired) electrons. The molecule has 2 heterocycles. The van der Waals surface area contributed by atoms with E-state index in [0.29, 0.717) is 11.6 Å². The Kier molecular flexibility index (Phi) is 4.03. The van der Waals surface area contributed by atoms with Gasteiger partial charge in [-0.2, -0.15) is 5.10 Å². The van der Waals surface area contributed by atoms with Gasteiger partial charge < -0.3 is 15.4 Å². The summed E-state index contributed by atoms with van der Waals surface area (Å²) in [6, 6.07) is 7.92. The second-order valence-electron chi connectivity index (χ2n) is 4.55. The van der Waals surface area contributed by atoms with Crippen LogP contribution in [0.25, 0.3) is 10.9 Å². The number of benzene rings is 1. The predicted octanol–water partition coefficient (Wildman–Crippen LogP) is 1.47. The van der Waals surface area contributed by atoms with Crippen molar-refractivity contribution in [2.45, 2.75) is 11.7 Å². The summed E-state index contributed by atoms with van der Waals surface area (Å²) >= 11 is 1.29. The molecule has 21 heavy (non-hydrogen) atoms. The Labute approximate surface area is 125 Å². The molecule has 3 rings (SSSR count). The van der Waals surface area contributed by atoms with Gasteiger partial charge in [-0.3, -0.25) is 4.79 Å². The van der Waals surface area contributed by atoms with Crippen LogP contribution in [0.1, 0.15) is 12.0 Å². The van der Waals surface area contributed by atoms with Crippen LogP contribution in [0, 0.1) is 0 Å². The monoisotopic (exact) mass is 302 g/mol. The largest absolute Gasteiger partial charge is 0.396 e. The Morgan fingerprint density at radius 3 is 3.10 bits per heavy atom. The summed E-state index contributed by atoms with van der Waals surface area (Å²) in [6.45, 7) is -0.0169. The molecular weight excluding hydrogens is 288 g/mol. The number of amidine groups is 1. The topological polar surface area (TPSA) is 89.8 Å². The fourth-order valence-corrected chi connectivity index (χ4v) is 3.02. The molecule has 6 nitrogen and oxygen atoms in total. The quantitative estimate of drug-likeness (QED) is 0.590. The third-order valence-corrected chi connectivity index (χ3v) is 4.28. The van der Waals surface area contributed by atoms with Crippen LogP contribution in [-0.4, -0.2) is 39.2 Å². The van der Waals surface area contributed by atoms with Gasteiger partial charge in [-0.15, -0.1) is 5.10 Å². The van der Waals surface area contributed by atoms with Crippen LogP contribution in [-0.2, 0) is 4.79 Å². The van der Waals surface area contributed by atoms with Crippen LogP contribution in [0.2, 0.25) is 0 Å². The average molecular weight is 302 g/mol. The number of nitrogens with one attached hydrogen (secondary N) is 2. The number of hydrogen-bond donors (Lipinski definition) is 3. The minimum absolute atomic E-state index is 0.0169. The van der Waals surface area contributed by atoms with Crippen molar-refractivity contribution in [1.82, 2.24) is 10.3 Å². The number of para-hydroxylation sites is 1. The molecule has 0 spiro atoms. The Hall–Kier alpha value is -2.12. The maximum absolute atomic E-state index is 11.6. The van der Waals surface area contributed by atoms with E-state index in [4.69, 9.17) is 5.11 Å². The number of hydrogen-bond acceptors (Lipinski definition) is 5. The molecule has 1 atom stereocenters. The number of amides is 1. The number of aliphatic hydroxyl groups is 1. The molecule has 2 aromatic rings. The fourth-order valence-electron chi connectivity index (χ4n) is 2.10. The van der Waals surface area contributed by atoms with E-state index in [-0.39, 0.29) is 17.8 Å². The molecule has 1 aliphatic heterocycles. The summed E-state index contributed by atoms with van der Waals surface area (Å²) in [5.74, 6) is -0.130. The van der Waals surface area contributed by atoms with Crippen LogP contribution < -0.4 is 5.32 Å². The summed E-state index contributed by atoms with van der Waals surface area (Å²) in [7, 11) is 0. The third-order valence-electron chi connectivity index (χ3n) is 3.13. The molecule has 0 aliphatic carbocycles. The number of H-pyrrole nitrogens is 1. The maximum Gasteiger partial charge on any atom is 0.239 e. The highest BCUT2D eigenvalue weighted by molar-refractivity contribution is 8.15. The molecule has 0 bridgehead atoms. The Balaban J connectivity index is 1.72. The Morgan fingerprint density at radius 1 is 1.38 bits per heavy atom. The van der Waals surface area contributed by atoms with Crippen molar-refractivity contribution < 1.29 is 9.90 Å². The normalized spacial score (nSPS) is 20.7. The minimum atomic E-state index is -0.281. The van der Waals surface area contributed by atoms with Crippen molar-refractivity contribution >= 4 is 40.0 Å². The van der Waals surface area contributed by atoms with Crippen LogP contribution in [0.4, 0.5) is 0 Å². The van der Waals surface area contributed by atoms with E-state index >= 15 is 0 Å². The lowest BCUT2D eigenvalue weighted by Crippen LogP contribution is -2.25. The zero-order chi connectivity index (χ0) is 14.7. The minimum Gasteiger partial charge on any atom is -0.396 e. The molecule has 0 saturated carbocycles. The van der Waals surface area contributed by atoms with Crippen LogP contribution >= 0.6 is 11.8 Å². The Bertz CT molecular complexity index is 723. The van der Waals surface area contributed by atoms with Gasteiger partial charge in [0.15, 0.2) is 5.17 Å². The molecular formula is C14H14N4O2S. The van der Waals surface area contributed by atoms with E-state index in [2.05, 4.69) is 20.5 Å². The van der Waals surface area contributed by atoms with Gasteiger partial charge in [0.1, 0.15) is 0 Å². The first-order chi connectivity index (χ1) is 10.3. The lowest BCUT2D eigenvalue weighted by Gasteiger charge is -1.98. The number of rotatable bonds is 4. The smallest absolute Gasteiger partial charge is 0.239 e. The van der Waals surface area contributed by atoms with Gasteiger partial charge in [-0.25, -0.2) is 0 Å². The van der Waals surface area contributed by atoms with Crippen molar-refractivity contribution in [2.24, 2.45) is 10.2 Å². The number of carbonyl (C=O) groups excluding carboxylic acids is 1. The van der Waals surface area contributed by atoms with Gasteiger partial charge in [0.2, 0.25) is 5.91 Å². The fraction of sp³-hybridized carbons (Fsp3) is 0.214. The number of aromatic nitrogens is 1. The van der Waals surface area contributed by atoms with E-state index in [0.717, 1.165) is 16.5 Å². The van der Waals surface area contributed by atoms with E-state index in [1.54, 1.807) is 6.21 Å². The number of fused-ring (bicyclic) bond motifs is 1. The standard InChI is InChI=1S/C14H14N4O2S/c19-6-5-12-13(20)17-14(21-12)18-16-8-9-7-15-11-4-2-1-3-10(9)11/h1-4,7-8,12,15,19H,5-6H2,(H,17,18,20)/b16-8+. The number of thioether (sulfide) groups is 1. The average Bonchev–Trinajstić information content (AvgIpc) is 3.05. The maximum atomic E-state index is 11.6. The van der Waals surface area contributed by atoms with Crippen molar-refractivity contribution in [1.29, 1.82) is 0 Å². The van der Waals surface area contributed by atoms with Crippen LogP contribution in [0.15, 0.2) is 40.7 Å². The first-order valence-electron chi connectivity index (χ1n) is 6.53. The molecule has 1 unspecified atom stereocenters. The second kappa shape index (κ2) is 6.11.